The molecule has 5 nitrogen and oxygen atoms in total. The molecule has 1 aliphatic heterocycles. The van der Waals surface area contributed by atoms with Crippen molar-refractivity contribution in [3.05, 3.63) is 89.2 Å². The third-order valence-corrected chi connectivity index (χ3v) is 5.38. The summed E-state index contributed by atoms with van der Waals surface area (Å²) in [7, 11) is 1.68. The lowest BCUT2D eigenvalue weighted by Gasteiger charge is -2.31. The molecule has 0 radical (unpaired) electrons. The molecule has 2 aromatic carbocycles. The second kappa shape index (κ2) is 8.53. The Labute approximate surface area is 171 Å². The molecule has 0 saturated carbocycles. The van der Waals surface area contributed by atoms with Crippen LogP contribution >= 0.6 is 0 Å². The number of hydrogen-bond acceptors (Lipinski definition) is 2. The van der Waals surface area contributed by atoms with Crippen LogP contribution in [0.2, 0.25) is 0 Å². The van der Waals surface area contributed by atoms with Gasteiger partial charge >= 0.3 is 6.03 Å². The van der Waals surface area contributed by atoms with Crippen LogP contribution < -0.4 is 5.32 Å². The maximum atomic E-state index is 13.3. The summed E-state index contributed by atoms with van der Waals surface area (Å²) in [6.45, 7) is 3.86. The van der Waals surface area contributed by atoms with Gasteiger partial charge in [0, 0.05) is 32.2 Å². The number of carbonyl (C=O) groups is 1. The van der Waals surface area contributed by atoms with E-state index in [4.69, 9.17) is 4.74 Å². The highest BCUT2D eigenvalue weighted by Crippen LogP contribution is 2.36. The molecular formula is C24H27N3O2. The van der Waals surface area contributed by atoms with Gasteiger partial charge < -0.3 is 19.5 Å². The molecule has 0 spiro atoms. The Morgan fingerprint density at radius 1 is 1.14 bits per heavy atom. The maximum absolute atomic E-state index is 13.3. The van der Waals surface area contributed by atoms with Gasteiger partial charge in [0.25, 0.3) is 0 Å². The van der Waals surface area contributed by atoms with E-state index in [1.807, 2.05) is 17.0 Å². The van der Waals surface area contributed by atoms with E-state index in [0.717, 1.165) is 28.9 Å². The monoisotopic (exact) mass is 389 g/mol. The van der Waals surface area contributed by atoms with Crippen LogP contribution in [-0.4, -0.2) is 35.8 Å². The number of para-hydroxylation sites is 1. The molecular weight excluding hydrogens is 362 g/mol. The van der Waals surface area contributed by atoms with Gasteiger partial charge in [-0.05, 0) is 42.7 Å². The number of hydrogen-bond donors (Lipinski definition) is 1. The molecule has 2 amide bonds. The number of aromatic nitrogens is 1. The molecule has 0 bridgehead atoms. The lowest BCUT2D eigenvalue weighted by Crippen LogP contribution is -2.42. The van der Waals surface area contributed by atoms with E-state index in [2.05, 4.69) is 71.5 Å². The lowest BCUT2D eigenvalue weighted by molar-refractivity contribution is 0.174. The minimum Gasteiger partial charge on any atom is -0.385 e. The summed E-state index contributed by atoms with van der Waals surface area (Å²) in [5, 5.41) is 3.08. The number of ether oxygens (including phenoxy) is 1. The quantitative estimate of drug-likeness (QED) is 0.656. The molecule has 29 heavy (non-hydrogen) atoms. The zero-order chi connectivity index (χ0) is 20.2. The molecule has 0 fully saturated rings. The number of urea groups is 1. The summed E-state index contributed by atoms with van der Waals surface area (Å²) < 4.78 is 7.32. The molecule has 1 N–H and O–H groups in total. The van der Waals surface area contributed by atoms with Crippen molar-refractivity contribution in [3.8, 4) is 5.69 Å². The molecule has 0 saturated heterocycles. The van der Waals surface area contributed by atoms with Gasteiger partial charge in [-0.25, -0.2) is 4.79 Å². The van der Waals surface area contributed by atoms with Crippen LogP contribution in [0.3, 0.4) is 0 Å². The first kappa shape index (κ1) is 19.3. The van der Waals surface area contributed by atoms with E-state index < -0.39 is 0 Å². The van der Waals surface area contributed by atoms with Crippen LogP contribution in [0.4, 0.5) is 4.79 Å². The second-order valence-corrected chi connectivity index (χ2v) is 7.45. The second-order valence-electron chi connectivity index (χ2n) is 7.45. The lowest BCUT2D eigenvalue weighted by atomic mass is 10.00. The zero-order valence-electron chi connectivity index (χ0n) is 17.0. The van der Waals surface area contributed by atoms with Crippen LogP contribution in [0, 0.1) is 6.92 Å². The maximum Gasteiger partial charge on any atom is 0.318 e. The third kappa shape index (κ3) is 3.91. The minimum atomic E-state index is -0.167. The number of benzene rings is 2. The van der Waals surface area contributed by atoms with E-state index in [-0.39, 0.29) is 12.1 Å². The van der Waals surface area contributed by atoms with E-state index in [1.165, 1.54) is 5.56 Å². The molecule has 1 atom stereocenters. The van der Waals surface area contributed by atoms with Crippen molar-refractivity contribution >= 4 is 6.03 Å². The number of carbonyl (C=O) groups excluding carboxylic acids is 1. The summed E-state index contributed by atoms with van der Waals surface area (Å²) in [6, 6.07) is 20.7. The van der Waals surface area contributed by atoms with Gasteiger partial charge in [0.2, 0.25) is 0 Å². The Morgan fingerprint density at radius 3 is 2.83 bits per heavy atom. The van der Waals surface area contributed by atoms with Gasteiger partial charge in [0.1, 0.15) is 0 Å². The smallest absolute Gasteiger partial charge is 0.318 e. The zero-order valence-corrected chi connectivity index (χ0v) is 17.0. The fourth-order valence-electron chi connectivity index (χ4n) is 4.04. The number of nitrogens with zero attached hydrogens (tertiary/aromatic N) is 2. The van der Waals surface area contributed by atoms with E-state index in [1.54, 1.807) is 7.11 Å². The van der Waals surface area contributed by atoms with Crippen molar-refractivity contribution < 1.29 is 9.53 Å². The van der Waals surface area contributed by atoms with Crippen LogP contribution in [0.25, 0.3) is 5.69 Å². The predicted molar refractivity (Wildman–Crippen MR) is 114 cm³/mol. The first-order chi connectivity index (χ1) is 14.2. The summed E-state index contributed by atoms with van der Waals surface area (Å²) in [4.78, 5) is 15.2. The number of methoxy groups -OCH3 is 1. The SMILES string of the molecule is COCCCNC(=O)N1Cc2ccccc2-n2cccc2C1c1cccc(C)c1. The van der Waals surface area contributed by atoms with Crippen molar-refractivity contribution in [1.29, 1.82) is 0 Å². The van der Waals surface area contributed by atoms with Gasteiger partial charge in [0.15, 0.2) is 0 Å². The highest BCUT2D eigenvalue weighted by Gasteiger charge is 2.32. The summed E-state index contributed by atoms with van der Waals surface area (Å²) >= 11 is 0. The van der Waals surface area contributed by atoms with Crippen molar-refractivity contribution in [1.82, 2.24) is 14.8 Å². The van der Waals surface area contributed by atoms with Crippen LogP contribution in [-0.2, 0) is 11.3 Å². The number of amides is 2. The Kier molecular flexibility index (Phi) is 5.67. The van der Waals surface area contributed by atoms with E-state index in [9.17, 15) is 4.79 Å². The molecule has 1 unspecified atom stereocenters. The van der Waals surface area contributed by atoms with Crippen molar-refractivity contribution in [2.45, 2.75) is 25.9 Å². The first-order valence-electron chi connectivity index (χ1n) is 10.0. The van der Waals surface area contributed by atoms with Gasteiger partial charge in [-0.2, -0.15) is 0 Å². The number of aryl methyl sites for hydroxylation is 1. The normalized spacial score (nSPS) is 15.4. The third-order valence-electron chi connectivity index (χ3n) is 5.38. The average molecular weight is 389 g/mol. The minimum absolute atomic E-state index is 0.0583. The predicted octanol–water partition coefficient (Wildman–Crippen LogP) is 4.44. The van der Waals surface area contributed by atoms with Gasteiger partial charge in [0.05, 0.1) is 18.3 Å². The van der Waals surface area contributed by atoms with Crippen LogP contribution in [0.1, 0.15) is 34.8 Å². The highest BCUT2D eigenvalue weighted by atomic mass is 16.5. The Morgan fingerprint density at radius 2 is 2.00 bits per heavy atom. The van der Waals surface area contributed by atoms with Gasteiger partial charge in [-0.15, -0.1) is 0 Å². The summed E-state index contributed by atoms with van der Waals surface area (Å²) in [5.41, 5.74) is 5.65. The molecule has 1 aromatic heterocycles. The Bertz CT molecular complexity index is 995. The molecule has 3 aromatic rings. The largest absolute Gasteiger partial charge is 0.385 e. The van der Waals surface area contributed by atoms with Crippen molar-refractivity contribution in [2.75, 3.05) is 20.3 Å². The summed E-state index contributed by atoms with van der Waals surface area (Å²) in [5.74, 6) is 0. The topological polar surface area (TPSA) is 46.5 Å². The number of nitrogens with one attached hydrogen (secondary N) is 1. The highest BCUT2D eigenvalue weighted by molar-refractivity contribution is 5.76. The molecule has 5 heteroatoms. The first-order valence-corrected chi connectivity index (χ1v) is 10.0. The van der Waals surface area contributed by atoms with Crippen LogP contribution in [0.5, 0.6) is 0 Å². The average Bonchev–Trinajstić information content (AvgIpc) is 3.15. The fraction of sp³-hybridized carbons (Fsp3) is 0.292. The molecule has 0 aliphatic carbocycles. The summed E-state index contributed by atoms with van der Waals surface area (Å²) in [6.07, 6.45) is 2.87. The molecule has 150 valence electrons. The van der Waals surface area contributed by atoms with Crippen LogP contribution in [0.15, 0.2) is 66.9 Å². The van der Waals surface area contributed by atoms with Crippen molar-refractivity contribution in [2.24, 2.45) is 0 Å². The number of rotatable bonds is 5. The fourth-order valence-corrected chi connectivity index (χ4v) is 4.04. The number of fused-ring (bicyclic) bond motifs is 3. The van der Waals surface area contributed by atoms with E-state index in [0.29, 0.717) is 19.7 Å². The molecule has 4 rings (SSSR count). The molecule has 2 heterocycles. The van der Waals surface area contributed by atoms with E-state index >= 15 is 0 Å². The Hall–Kier alpha value is -3.05. The van der Waals surface area contributed by atoms with Crippen molar-refractivity contribution in [3.63, 3.8) is 0 Å². The van der Waals surface area contributed by atoms with Gasteiger partial charge in [-0.1, -0.05) is 48.0 Å². The Balaban J connectivity index is 1.77. The van der Waals surface area contributed by atoms with Gasteiger partial charge in [-0.3, -0.25) is 0 Å². The standard InChI is InChI=1S/C24H27N3O2/c1-18-8-5-10-19(16-18)23-22-12-6-14-26(22)21-11-4-3-9-20(21)17-27(23)24(28)25-13-7-15-29-2/h3-6,8-12,14,16,23H,7,13,15,17H2,1-2H3,(H,25,28). The molecule has 1 aliphatic rings.